The van der Waals surface area contributed by atoms with Gasteiger partial charge in [0.2, 0.25) is 0 Å². The third-order valence-corrected chi connectivity index (χ3v) is 7.67. The van der Waals surface area contributed by atoms with E-state index in [1.165, 1.54) is 17.8 Å². The molecule has 0 spiro atoms. The summed E-state index contributed by atoms with van der Waals surface area (Å²) in [4.78, 5) is 10.5. The van der Waals surface area contributed by atoms with E-state index in [9.17, 15) is 13.2 Å². The van der Waals surface area contributed by atoms with Crippen molar-refractivity contribution in [2.24, 2.45) is 0 Å². The number of halogens is 3. The zero-order valence-corrected chi connectivity index (χ0v) is 19.2. The predicted octanol–water partition coefficient (Wildman–Crippen LogP) is 4.42. The predicted molar refractivity (Wildman–Crippen MR) is 125 cm³/mol. The van der Waals surface area contributed by atoms with Crippen LogP contribution in [0.2, 0.25) is 0 Å². The van der Waals surface area contributed by atoms with Crippen LogP contribution in [0, 0.1) is 0 Å². The number of piperazine rings is 2. The number of rotatable bonds is 2. The Hall–Kier alpha value is -2.10. The lowest BCUT2D eigenvalue weighted by molar-refractivity contribution is -0.137. The first-order valence-corrected chi connectivity index (χ1v) is 11.8. The Bertz CT molecular complexity index is 996. The highest BCUT2D eigenvalue weighted by Gasteiger charge is 2.37. The fraction of sp³-hybridized carbons (Fsp3) is 0.478. The molecule has 32 heavy (non-hydrogen) atoms. The minimum atomic E-state index is -4.42. The van der Waals surface area contributed by atoms with Crippen LogP contribution >= 0.6 is 11.8 Å². The van der Waals surface area contributed by atoms with Gasteiger partial charge in [0.15, 0.2) is 0 Å². The summed E-state index contributed by atoms with van der Waals surface area (Å²) in [5.41, 5.74) is 2.08. The number of benzene rings is 2. The lowest BCUT2D eigenvalue weighted by atomic mass is 10.1. The summed E-state index contributed by atoms with van der Waals surface area (Å²) in [6.45, 7) is 7.08. The van der Waals surface area contributed by atoms with Crippen molar-refractivity contribution in [2.75, 3.05) is 81.6 Å². The van der Waals surface area contributed by atoms with E-state index >= 15 is 0 Å². The van der Waals surface area contributed by atoms with E-state index in [-0.39, 0.29) is 5.69 Å². The van der Waals surface area contributed by atoms with Gasteiger partial charge in [-0.25, -0.2) is 0 Å². The number of fused-ring (bicyclic) bond motifs is 2. The molecule has 3 aliphatic rings. The van der Waals surface area contributed by atoms with E-state index in [0.717, 1.165) is 68.6 Å². The molecule has 0 atom stereocenters. The highest BCUT2D eigenvalue weighted by Crippen LogP contribution is 2.51. The van der Waals surface area contributed by atoms with Gasteiger partial charge in [-0.3, -0.25) is 0 Å². The number of anilines is 4. The van der Waals surface area contributed by atoms with Crippen molar-refractivity contribution >= 4 is 34.5 Å². The van der Waals surface area contributed by atoms with Crippen molar-refractivity contribution in [1.82, 2.24) is 9.80 Å². The summed E-state index contributed by atoms with van der Waals surface area (Å²) in [5.74, 6) is 0. The standard InChI is InChI=1S/C23H28F3N5S/c1-28-5-9-30(10-6-28)16-3-4-19-20(14-16)32-21-15-17(31-11-7-29(2)8-12-31)13-18(22(21)27-19)23(24,25)26/h3-4,13-15,27H,5-12H2,1-2H3. The van der Waals surface area contributed by atoms with Gasteiger partial charge in [0.05, 0.1) is 16.9 Å². The number of hydrogen-bond donors (Lipinski definition) is 1. The maximum Gasteiger partial charge on any atom is 0.418 e. The smallest absolute Gasteiger partial charge is 0.369 e. The molecule has 0 bridgehead atoms. The van der Waals surface area contributed by atoms with Crippen molar-refractivity contribution in [2.45, 2.75) is 16.0 Å². The molecular formula is C23H28F3N5S. The Morgan fingerprint density at radius 1 is 0.750 bits per heavy atom. The summed E-state index contributed by atoms with van der Waals surface area (Å²) in [7, 11) is 4.16. The van der Waals surface area contributed by atoms with Crippen molar-refractivity contribution in [3.05, 3.63) is 35.9 Å². The van der Waals surface area contributed by atoms with Crippen molar-refractivity contribution in [3.63, 3.8) is 0 Å². The van der Waals surface area contributed by atoms with E-state index < -0.39 is 11.7 Å². The molecule has 2 aromatic carbocycles. The second kappa shape index (κ2) is 8.35. The van der Waals surface area contributed by atoms with E-state index in [4.69, 9.17) is 0 Å². The van der Waals surface area contributed by atoms with E-state index in [1.807, 2.05) is 25.2 Å². The summed E-state index contributed by atoms with van der Waals surface area (Å²) in [5, 5.41) is 3.10. The van der Waals surface area contributed by atoms with Crippen LogP contribution in [0.1, 0.15) is 5.56 Å². The average Bonchev–Trinajstić information content (AvgIpc) is 2.77. The molecule has 2 aromatic rings. The highest BCUT2D eigenvalue weighted by atomic mass is 32.2. The molecule has 5 rings (SSSR count). The number of hydrogen-bond acceptors (Lipinski definition) is 6. The maximum absolute atomic E-state index is 14.0. The van der Waals surface area contributed by atoms with Gasteiger partial charge in [0.25, 0.3) is 0 Å². The zero-order valence-electron chi connectivity index (χ0n) is 18.4. The lowest BCUT2D eigenvalue weighted by Crippen LogP contribution is -2.44. The first kappa shape index (κ1) is 21.7. The molecule has 0 aliphatic carbocycles. The summed E-state index contributed by atoms with van der Waals surface area (Å²) < 4.78 is 42.0. The molecule has 172 valence electrons. The van der Waals surface area contributed by atoms with Crippen LogP contribution in [0.15, 0.2) is 40.1 Å². The second-order valence-corrected chi connectivity index (χ2v) is 9.94. The second-order valence-electron chi connectivity index (χ2n) is 8.85. The fourth-order valence-electron chi connectivity index (χ4n) is 4.49. The SMILES string of the molecule is CN1CCN(c2ccc3c(c2)Sc2cc(N4CCN(C)CC4)cc(C(F)(F)F)c2N3)CC1. The first-order chi connectivity index (χ1) is 15.3. The third kappa shape index (κ3) is 4.25. The molecule has 5 nitrogen and oxygen atoms in total. The van der Waals surface area contributed by atoms with Gasteiger partial charge >= 0.3 is 6.18 Å². The first-order valence-electron chi connectivity index (χ1n) is 11.0. The Balaban J connectivity index is 1.47. The number of nitrogens with zero attached hydrogens (tertiary/aromatic N) is 4. The Labute approximate surface area is 191 Å². The van der Waals surface area contributed by atoms with Crippen LogP contribution in [-0.2, 0) is 6.18 Å². The largest absolute Gasteiger partial charge is 0.418 e. The van der Waals surface area contributed by atoms with E-state index in [0.29, 0.717) is 10.6 Å². The highest BCUT2D eigenvalue weighted by molar-refractivity contribution is 7.99. The molecule has 0 amide bonds. The number of alkyl halides is 3. The van der Waals surface area contributed by atoms with Crippen molar-refractivity contribution in [3.8, 4) is 0 Å². The third-order valence-electron chi connectivity index (χ3n) is 6.57. The van der Waals surface area contributed by atoms with E-state index in [1.54, 1.807) is 0 Å². The molecule has 1 N–H and O–H groups in total. The molecule has 0 radical (unpaired) electrons. The number of nitrogens with one attached hydrogen (secondary N) is 1. The molecule has 0 saturated carbocycles. The van der Waals surface area contributed by atoms with Crippen LogP contribution in [0.4, 0.5) is 35.9 Å². The van der Waals surface area contributed by atoms with Gasteiger partial charge in [0, 0.05) is 73.5 Å². The molecular weight excluding hydrogens is 435 g/mol. The maximum atomic E-state index is 14.0. The van der Waals surface area contributed by atoms with Gasteiger partial charge in [-0.05, 0) is 44.4 Å². The Morgan fingerprint density at radius 2 is 1.31 bits per heavy atom. The summed E-state index contributed by atoms with van der Waals surface area (Å²) >= 11 is 1.43. The molecule has 9 heteroatoms. The van der Waals surface area contributed by atoms with Gasteiger partial charge in [0.1, 0.15) is 0 Å². The Kier molecular flexibility index (Phi) is 5.67. The quantitative estimate of drug-likeness (QED) is 0.604. The van der Waals surface area contributed by atoms with Gasteiger partial charge < -0.3 is 24.9 Å². The summed E-state index contributed by atoms with van der Waals surface area (Å²) in [6.07, 6.45) is -4.42. The van der Waals surface area contributed by atoms with Crippen LogP contribution in [0.25, 0.3) is 0 Å². The normalized spacial score (nSPS) is 20.0. The lowest BCUT2D eigenvalue weighted by Gasteiger charge is -2.36. The van der Waals surface area contributed by atoms with Crippen LogP contribution in [0.3, 0.4) is 0 Å². The van der Waals surface area contributed by atoms with Crippen LogP contribution in [-0.4, -0.2) is 76.3 Å². The van der Waals surface area contributed by atoms with Gasteiger partial charge in [-0.1, -0.05) is 11.8 Å². The Morgan fingerprint density at radius 3 is 1.91 bits per heavy atom. The fourth-order valence-corrected chi connectivity index (χ4v) is 5.58. The molecule has 3 aliphatic heterocycles. The monoisotopic (exact) mass is 463 g/mol. The average molecular weight is 464 g/mol. The molecule has 0 aromatic heterocycles. The van der Waals surface area contributed by atoms with Crippen molar-refractivity contribution in [1.29, 1.82) is 0 Å². The van der Waals surface area contributed by atoms with Gasteiger partial charge in [-0.2, -0.15) is 13.2 Å². The van der Waals surface area contributed by atoms with Crippen LogP contribution in [0.5, 0.6) is 0 Å². The van der Waals surface area contributed by atoms with E-state index in [2.05, 4.69) is 38.0 Å². The minimum Gasteiger partial charge on any atom is -0.369 e. The summed E-state index contributed by atoms with van der Waals surface area (Å²) in [6, 6.07) is 9.25. The molecule has 0 unspecified atom stereocenters. The molecule has 3 heterocycles. The van der Waals surface area contributed by atoms with Gasteiger partial charge in [-0.15, -0.1) is 0 Å². The number of likely N-dealkylation sites (N-methyl/N-ethyl adjacent to an activating group) is 2. The molecule has 2 saturated heterocycles. The zero-order chi connectivity index (χ0) is 22.5. The topological polar surface area (TPSA) is 25.0 Å². The van der Waals surface area contributed by atoms with Crippen LogP contribution < -0.4 is 15.1 Å². The van der Waals surface area contributed by atoms with Crippen molar-refractivity contribution < 1.29 is 13.2 Å². The minimum absolute atomic E-state index is 0.167. The molecule has 2 fully saturated rings.